The lowest BCUT2D eigenvalue weighted by molar-refractivity contribution is -0.168. The molecule has 0 aromatic heterocycles. The van der Waals surface area contributed by atoms with Crippen molar-refractivity contribution < 1.29 is 38.0 Å². The Balaban J connectivity index is 1.59. The van der Waals surface area contributed by atoms with Crippen LogP contribution in [0.3, 0.4) is 0 Å². The molecule has 2 aromatic carbocycles. The van der Waals surface area contributed by atoms with Gasteiger partial charge < -0.3 is 28.4 Å². The highest BCUT2D eigenvalue weighted by molar-refractivity contribution is 6.29. The number of esters is 2. The normalized spacial score (nSPS) is 9.93. The number of carbonyl (C=O) groups is 2. The number of ether oxygens (including phenoxy) is 6. The topological polar surface area (TPSA) is 89.5 Å². The highest BCUT2D eigenvalue weighted by atomic mass is 16.6. The molecule has 0 saturated heterocycles. The second kappa shape index (κ2) is 11.3. The summed E-state index contributed by atoms with van der Waals surface area (Å²) in [5.74, 6) is 0.245. The van der Waals surface area contributed by atoms with Gasteiger partial charge in [0.05, 0.1) is 14.2 Å². The van der Waals surface area contributed by atoms with Crippen LogP contribution in [0.2, 0.25) is 0 Å². The average Bonchev–Trinajstić information content (AvgIpc) is 2.74. The van der Waals surface area contributed by atoms with E-state index in [1.807, 2.05) is 0 Å². The molecule has 0 saturated carbocycles. The summed E-state index contributed by atoms with van der Waals surface area (Å²) in [6.07, 6.45) is 0. The zero-order valence-electron chi connectivity index (χ0n) is 15.7. The summed E-state index contributed by atoms with van der Waals surface area (Å²) in [4.78, 5) is 23.1. The molecule has 0 aliphatic heterocycles. The first-order valence-electron chi connectivity index (χ1n) is 8.50. The van der Waals surface area contributed by atoms with Gasteiger partial charge in [0, 0.05) is 12.1 Å². The minimum absolute atomic E-state index is 0.0884. The molecule has 0 fully saturated rings. The van der Waals surface area contributed by atoms with Crippen molar-refractivity contribution >= 4 is 11.9 Å². The highest BCUT2D eigenvalue weighted by Crippen LogP contribution is 2.19. The van der Waals surface area contributed by atoms with Crippen LogP contribution >= 0.6 is 0 Å². The van der Waals surface area contributed by atoms with Gasteiger partial charge in [-0.3, -0.25) is 0 Å². The molecule has 0 amide bonds. The van der Waals surface area contributed by atoms with Gasteiger partial charge in [0.2, 0.25) is 0 Å². The number of methoxy groups -OCH3 is 2. The van der Waals surface area contributed by atoms with Gasteiger partial charge in [-0.15, -0.1) is 0 Å². The van der Waals surface area contributed by atoms with E-state index in [-0.39, 0.29) is 26.4 Å². The predicted octanol–water partition coefficient (Wildman–Crippen LogP) is 2.25. The Kier molecular flexibility index (Phi) is 8.45. The fraction of sp³-hybridized carbons (Fsp3) is 0.300. The number of benzene rings is 2. The van der Waals surface area contributed by atoms with Crippen LogP contribution in [0, 0.1) is 0 Å². The van der Waals surface area contributed by atoms with Gasteiger partial charge >= 0.3 is 11.9 Å². The summed E-state index contributed by atoms with van der Waals surface area (Å²) >= 11 is 0. The summed E-state index contributed by atoms with van der Waals surface area (Å²) in [6.45, 7) is -0.00676. The molecular weight excluding hydrogens is 368 g/mol. The summed E-state index contributed by atoms with van der Waals surface area (Å²) in [5, 5.41) is 0. The molecule has 2 aromatic rings. The molecule has 2 rings (SSSR count). The van der Waals surface area contributed by atoms with Crippen LogP contribution in [0.25, 0.3) is 0 Å². The molecule has 0 unspecified atom stereocenters. The van der Waals surface area contributed by atoms with Gasteiger partial charge in [0.1, 0.15) is 49.4 Å². The molecule has 0 bridgehead atoms. The van der Waals surface area contributed by atoms with Gasteiger partial charge in [0.25, 0.3) is 0 Å². The lowest BCUT2D eigenvalue weighted by Gasteiger charge is -2.09. The van der Waals surface area contributed by atoms with Crippen molar-refractivity contribution in [1.82, 2.24) is 0 Å². The lowest BCUT2D eigenvalue weighted by atomic mass is 10.3. The zero-order chi connectivity index (χ0) is 20.2. The van der Waals surface area contributed by atoms with E-state index in [1.165, 1.54) is 0 Å². The Labute approximate surface area is 162 Å². The molecule has 0 heterocycles. The third-order valence-electron chi connectivity index (χ3n) is 3.42. The van der Waals surface area contributed by atoms with Crippen molar-refractivity contribution in [1.29, 1.82) is 0 Å². The highest BCUT2D eigenvalue weighted by Gasteiger charge is 2.17. The van der Waals surface area contributed by atoms with E-state index in [4.69, 9.17) is 28.4 Å². The van der Waals surface area contributed by atoms with Crippen LogP contribution in [-0.2, 0) is 19.1 Å². The Hall–Kier alpha value is -3.42. The number of rotatable bonds is 10. The minimum Gasteiger partial charge on any atom is -0.497 e. The van der Waals surface area contributed by atoms with E-state index < -0.39 is 11.9 Å². The molecule has 8 nitrogen and oxygen atoms in total. The molecule has 8 heteroatoms. The summed E-state index contributed by atoms with van der Waals surface area (Å²) in [5.41, 5.74) is 0. The maximum atomic E-state index is 11.6. The number of carbonyl (C=O) groups excluding carboxylic acids is 2. The Morgan fingerprint density at radius 3 is 1.43 bits per heavy atom. The molecule has 28 heavy (non-hydrogen) atoms. The van der Waals surface area contributed by atoms with Crippen molar-refractivity contribution in [3.63, 3.8) is 0 Å². The third kappa shape index (κ3) is 7.06. The quantitative estimate of drug-likeness (QED) is 0.347. The van der Waals surface area contributed by atoms with E-state index in [2.05, 4.69) is 0 Å². The summed E-state index contributed by atoms with van der Waals surface area (Å²) < 4.78 is 30.6. The van der Waals surface area contributed by atoms with Crippen molar-refractivity contribution in [2.24, 2.45) is 0 Å². The number of hydrogen-bond donors (Lipinski definition) is 0. The van der Waals surface area contributed by atoms with Crippen molar-refractivity contribution in [3.8, 4) is 23.0 Å². The largest absolute Gasteiger partial charge is 0.497 e. The Morgan fingerprint density at radius 1 is 0.643 bits per heavy atom. The van der Waals surface area contributed by atoms with Gasteiger partial charge in [-0.1, -0.05) is 12.1 Å². The molecule has 150 valence electrons. The molecule has 0 aliphatic carbocycles. The standard InChI is InChI=1S/C20H22O8/c1-23-15-5-3-7-17(13-15)25-9-11-27-19(21)20(22)28-12-10-26-18-8-4-6-16(14-18)24-2/h3-8,13-14H,9-12H2,1-2H3. The van der Waals surface area contributed by atoms with Gasteiger partial charge in [-0.25, -0.2) is 9.59 Å². The fourth-order valence-electron chi connectivity index (χ4n) is 2.09. The number of hydrogen-bond acceptors (Lipinski definition) is 8. The van der Waals surface area contributed by atoms with Gasteiger partial charge in [0.15, 0.2) is 0 Å². The van der Waals surface area contributed by atoms with E-state index in [0.29, 0.717) is 23.0 Å². The molecule has 0 aliphatic rings. The maximum Gasteiger partial charge on any atom is 0.417 e. The van der Waals surface area contributed by atoms with Crippen molar-refractivity contribution in [3.05, 3.63) is 48.5 Å². The monoisotopic (exact) mass is 390 g/mol. The van der Waals surface area contributed by atoms with Gasteiger partial charge in [-0.2, -0.15) is 0 Å². The van der Waals surface area contributed by atoms with Crippen LogP contribution in [0.5, 0.6) is 23.0 Å². The molecule has 0 spiro atoms. The maximum absolute atomic E-state index is 11.6. The van der Waals surface area contributed by atoms with Crippen molar-refractivity contribution in [2.45, 2.75) is 0 Å². The van der Waals surface area contributed by atoms with Gasteiger partial charge in [-0.05, 0) is 24.3 Å². The Bertz CT molecular complexity index is 709. The first kappa shape index (κ1) is 20.9. The van der Waals surface area contributed by atoms with Crippen LogP contribution in [0.4, 0.5) is 0 Å². The molecule has 0 radical (unpaired) electrons. The van der Waals surface area contributed by atoms with E-state index >= 15 is 0 Å². The Morgan fingerprint density at radius 2 is 1.04 bits per heavy atom. The van der Waals surface area contributed by atoms with Crippen LogP contribution in [0.15, 0.2) is 48.5 Å². The first-order valence-corrected chi connectivity index (χ1v) is 8.50. The molecule has 0 atom stereocenters. The van der Waals surface area contributed by atoms with Crippen LogP contribution in [-0.4, -0.2) is 52.6 Å². The second-order valence-electron chi connectivity index (χ2n) is 5.33. The average molecular weight is 390 g/mol. The van der Waals surface area contributed by atoms with E-state index in [1.54, 1.807) is 62.8 Å². The van der Waals surface area contributed by atoms with E-state index in [9.17, 15) is 9.59 Å². The van der Waals surface area contributed by atoms with Crippen LogP contribution < -0.4 is 18.9 Å². The fourth-order valence-corrected chi connectivity index (χ4v) is 2.09. The molecular formula is C20H22O8. The lowest BCUT2D eigenvalue weighted by Crippen LogP contribution is -2.24. The third-order valence-corrected chi connectivity index (χ3v) is 3.42. The van der Waals surface area contributed by atoms with E-state index in [0.717, 1.165) is 0 Å². The summed E-state index contributed by atoms with van der Waals surface area (Å²) in [7, 11) is 3.10. The van der Waals surface area contributed by atoms with Crippen LogP contribution in [0.1, 0.15) is 0 Å². The second-order valence-corrected chi connectivity index (χ2v) is 5.33. The predicted molar refractivity (Wildman–Crippen MR) is 98.9 cm³/mol. The molecule has 0 N–H and O–H groups in total. The summed E-state index contributed by atoms with van der Waals surface area (Å²) in [6, 6.07) is 14.0. The zero-order valence-corrected chi connectivity index (χ0v) is 15.7. The first-order chi connectivity index (χ1) is 13.6. The van der Waals surface area contributed by atoms with Crippen molar-refractivity contribution in [2.75, 3.05) is 40.6 Å². The SMILES string of the molecule is COc1cccc(OCCOC(=O)C(=O)OCCOc2cccc(OC)c2)c1. The minimum atomic E-state index is -1.09. The smallest absolute Gasteiger partial charge is 0.417 e.